The van der Waals surface area contributed by atoms with Crippen molar-refractivity contribution in [2.24, 2.45) is 0 Å². The first-order valence-electron chi connectivity index (χ1n) is 11.0. The second-order valence-electron chi connectivity index (χ2n) is 10.5. The van der Waals surface area contributed by atoms with Crippen LogP contribution in [0.15, 0.2) is 36.4 Å². The molecule has 0 aliphatic heterocycles. The summed E-state index contributed by atoms with van der Waals surface area (Å²) in [5, 5.41) is 0. The van der Waals surface area contributed by atoms with Crippen molar-refractivity contribution in [2.45, 2.75) is 66.2 Å². The van der Waals surface area contributed by atoms with E-state index in [0.29, 0.717) is 0 Å². The molecule has 4 aromatic heterocycles. The van der Waals surface area contributed by atoms with E-state index in [4.69, 9.17) is 0 Å². The average molecular weight is 497 g/mol. The van der Waals surface area contributed by atoms with Gasteiger partial charge >= 0.3 is 0 Å². The van der Waals surface area contributed by atoms with E-state index in [1.807, 2.05) is 45.3 Å². The van der Waals surface area contributed by atoms with E-state index < -0.39 is 0 Å². The van der Waals surface area contributed by atoms with Gasteiger partial charge < -0.3 is 0 Å². The van der Waals surface area contributed by atoms with Crippen molar-refractivity contribution in [3.63, 3.8) is 0 Å². The van der Waals surface area contributed by atoms with Gasteiger partial charge in [-0.2, -0.15) is 0 Å². The van der Waals surface area contributed by atoms with Crippen LogP contribution in [0.3, 0.4) is 0 Å². The van der Waals surface area contributed by atoms with Crippen molar-refractivity contribution in [3.05, 3.63) is 67.0 Å². The lowest BCUT2D eigenvalue weighted by molar-refractivity contribution is 0.600. The van der Waals surface area contributed by atoms with Gasteiger partial charge in [0.25, 0.3) is 0 Å². The Kier molecular flexibility index (Phi) is 6.45. The molecule has 4 heteroatoms. The highest BCUT2D eigenvalue weighted by atomic mass is 32.1. The highest BCUT2D eigenvalue weighted by Gasteiger charge is 2.21. The quantitative estimate of drug-likeness (QED) is 0.263. The van der Waals surface area contributed by atoms with Crippen LogP contribution in [0.4, 0.5) is 0 Å². The fourth-order valence-corrected chi connectivity index (χ4v) is 8.30. The summed E-state index contributed by atoms with van der Waals surface area (Å²) < 4.78 is 0. The van der Waals surface area contributed by atoms with Crippen LogP contribution in [0.5, 0.6) is 0 Å². The first-order chi connectivity index (χ1) is 14.9. The molecule has 0 saturated carbocycles. The molecule has 0 N–H and O–H groups in total. The van der Waals surface area contributed by atoms with Gasteiger partial charge in [0.2, 0.25) is 0 Å². The summed E-state index contributed by atoms with van der Waals surface area (Å²) in [6.07, 6.45) is 4.51. The van der Waals surface area contributed by atoms with Crippen LogP contribution in [0, 0.1) is 13.8 Å². The predicted molar refractivity (Wildman–Crippen MR) is 151 cm³/mol. The molecule has 0 fully saturated rings. The van der Waals surface area contributed by atoms with Crippen LogP contribution in [0.2, 0.25) is 0 Å². The van der Waals surface area contributed by atoms with Crippen molar-refractivity contribution in [2.75, 3.05) is 0 Å². The summed E-state index contributed by atoms with van der Waals surface area (Å²) >= 11 is 7.66. The number of aryl methyl sites for hydroxylation is 2. The SMILES string of the molecule is Cc1cc(-c2cc(C)c(C(C)(C)C)s2)sc1-c1ccc(C=Cc2ccc(C(C)(C)C)s2)s1. The van der Waals surface area contributed by atoms with Crippen molar-refractivity contribution < 1.29 is 0 Å². The summed E-state index contributed by atoms with van der Waals surface area (Å²) in [6.45, 7) is 18.2. The van der Waals surface area contributed by atoms with E-state index >= 15 is 0 Å². The van der Waals surface area contributed by atoms with Gasteiger partial charge in [0.05, 0.1) is 0 Å². The Morgan fingerprint density at radius 2 is 1.19 bits per heavy atom. The summed E-state index contributed by atoms with van der Waals surface area (Å²) in [4.78, 5) is 11.1. The first-order valence-corrected chi connectivity index (χ1v) is 14.3. The van der Waals surface area contributed by atoms with E-state index in [1.165, 1.54) is 50.1 Å². The van der Waals surface area contributed by atoms with Crippen molar-refractivity contribution in [3.8, 4) is 19.5 Å². The van der Waals surface area contributed by atoms with Crippen LogP contribution >= 0.6 is 45.3 Å². The summed E-state index contributed by atoms with van der Waals surface area (Å²) in [6, 6.07) is 13.8. The lowest BCUT2D eigenvalue weighted by Gasteiger charge is -2.17. The zero-order chi connectivity index (χ0) is 23.3. The minimum atomic E-state index is 0.202. The molecule has 168 valence electrons. The van der Waals surface area contributed by atoms with Gasteiger partial charge in [0, 0.05) is 39.0 Å². The first kappa shape index (κ1) is 23.7. The van der Waals surface area contributed by atoms with Crippen LogP contribution in [-0.4, -0.2) is 0 Å². The molecular weight excluding hydrogens is 465 g/mol. The van der Waals surface area contributed by atoms with Crippen LogP contribution in [0.1, 0.15) is 72.2 Å². The van der Waals surface area contributed by atoms with Gasteiger partial charge in [0.1, 0.15) is 0 Å². The van der Waals surface area contributed by atoms with Crippen molar-refractivity contribution >= 4 is 57.5 Å². The molecule has 0 saturated heterocycles. The molecule has 0 spiro atoms. The number of rotatable bonds is 4. The van der Waals surface area contributed by atoms with Crippen LogP contribution < -0.4 is 0 Å². The molecule has 4 heterocycles. The van der Waals surface area contributed by atoms with Crippen molar-refractivity contribution in [1.82, 2.24) is 0 Å². The predicted octanol–water partition coefficient (Wildman–Crippen LogP) is 10.6. The number of hydrogen-bond donors (Lipinski definition) is 0. The molecule has 0 aliphatic rings. The molecule has 32 heavy (non-hydrogen) atoms. The maximum absolute atomic E-state index is 2.37. The fraction of sp³-hybridized carbons (Fsp3) is 0.357. The highest BCUT2D eigenvalue weighted by Crippen LogP contribution is 2.45. The minimum absolute atomic E-state index is 0.202. The van der Waals surface area contributed by atoms with Gasteiger partial charge in [-0.15, -0.1) is 45.3 Å². The largest absolute Gasteiger partial charge is 0.140 e. The van der Waals surface area contributed by atoms with E-state index in [0.717, 1.165) is 0 Å². The van der Waals surface area contributed by atoms with E-state index in [9.17, 15) is 0 Å². The standard InChI is InChI=1S/C28H32S4/c1-17-15-22(23-16-18(2)26(32-23)28(6,7)8)31-25(17)21-13-11-19(29-21)9-10-20-12-14-24(30-20)27(3,4)5/h9-16H,1-8H3. The molecule has 0 nitrogen and oxygen atoms in total. The maximum Gasteiger partial charge on any atom is 0.0478 e. The Hall–Kier alpha value is -1.46. The van der Waals surface area contributed by atoms with Gasteiger partial charge in [0.15, 0.2) is 0 Å². The molecule has 4 rings (SSSR count). The Morgan fingerprint density at radius 3 is 1.78 bits per heavy atom. The van der Waals surface area contributed by atoms with Crippen LogP contribution in [0.25, 0.3) is 31.7 Å². The molecule has 0 atom stereocenters. The molecule has 4 aromatic rings. The third kappa shape index (κ3) is 5.04. The topological polar surface area (TPSA) is 0 Å². The smallest absolute Gasteiger partial charge is 0.0478 e. The minimum Gasteiger partial charge on any atom is -0.140 e. The summed E-state index contributed by atoms with van der Waals surface area (Å²) in [7, 11) is 0. The highest BCUT2D eigenvalue weighted by molar-refractivity contribution is 7.27. The maximum atomic E-state index is 2.37. The Bertz CT molecular complexity index is 1260. The van der Waals surface area contributed by atoms with E-state index in [-0.39, 0.29) is 10.8 Å². The third-order valence-corrected chi connectivity index (χ3v) is 11.2. The monoisotopic (exact) mass is 496 g/mol. The molecule has 0 bridgehead atoms. The second kappa shape index (κ2) is 8.72. The summed E-state index contributed by atoms with van der Waals surface area (Å²) in [5.41, 5.74) is 3.21. The van der Waals surface area contributed by atoms with E-state index in [1.54, 1.807) is 0 Å². The average Bonchev–Trinajstić information content (AvgIpc) is 3.44. The Balaban J connectivity index is 1.56. The Labute approximate surface area is 209 Å². The lowest BCUT2D eigenvalue weighted by Crippen LogP contribution is -2.09. The normalized spacial score (nSPS) is 12.9. The van der Waals surface area contributed by atoms with Crippen molar-refractivity contribution in [1.29, 1.82) is 0 Å². The number of thiophene rings is 4. The molecule has 0 aliphatic carbocycles. The van der Waals surface area contributed by atoms with E-state index in [2.05, 4.69) is 104 Å². The van der Waals surface area contributed by atoms with Gasteiger partial charge in [-0.3, -0.25) is 0 Å². The second-order valence-corrected chi connectivity index (χ2v) is 14.8. The van der Waals surface area contributed by atoms with Gasteiger partial charge in [-0.1, -0.05) is 41.5 Å². The fourth-order valence-electron chi connectivity index (χ4n) is 3.77. The third-order valence-electron chi connectivity index (χ3n) is 5.39. The number of hydrogen-bond acceptors (Lipinski definition) is 4. The summed E-state index contributed by atoms with van der Waals surface area (Å²) in [5.74, 6) is 0. The zero-order valence-electron chi connectivity index (χ0n) is 20.3. The molecule has 0 unspecified atom stereocenters. The van der Waals surface area contributed by atoms with Gasteiger partial charge in [-0.05, 0) is 84.4 Å². The molecule has 0 aromatic carbocycles. The van der Waals surface area contributed by atoms with Crippen LogP contribution in [-0.2, 0) is 10.8 Å². The molecular formula is C28H32S4. The lowest BCUT2D eigenvalue weighted by atomic mass is 9.92. The van der Waals surface area contributed by atoms with Gasteiger partial charge in [-0.25, -0.2) is 0 Å². The molecule has 0 amide bonds. The zero-order valence-corrected chi connectivity index (χ0v) is 23.5. The Morgan fingerprint density at radius 1 is 0.594 bits per heavy atom. The molecule has 0 radical (unpaired) electrons.